The molecule has 0 spiro atoms. The fourth-order valence-corrected chi connectivity index (χ4v) is 6.61. The van der Waals surface area contributed by atoms with E-state index < -0.39 is 16.3 Å². The lowest BCUT2D eigenvalue weighted by Gasteiger charge is -2.29. The Balaban J connectivity index is 1.60. The van der Waals surface area contributed by atoms with Gasteiger partial charge in [0.05, 0.1) is 23.2 Å². The standard InChI is InChI=1S/C34H36ClNO3S/c1-33(2,22-32(37)38)40-31(19-15-24-9-5-6-11-29(24)34(3,4)39)26-10-7-8-23(20-26)12-17-28-18-14-25-13-16-27(35)21-30(25)36-28/h5-14,16-18,20-21,31,39H,15,19,22H2,1-4H3,(H,37,38)/t31-/m1/s1. The molecule has 0 fully saturated rings. The van der Waals surface area contributed by atoms with E-state index >= 15 is 0 Å². The Hall–Kier alpha value is -3.12. The number of benzene rings is 3. The average molecular weight is 574 g/mol. The molecule has 4 aromatic rings. The van der Waals surface area contributed by atoms with Crippen molar-refractivity contribution in [3.8, 4) is 0 Å². The number of aliphatic carboxylic acids is 1. The van der Waals surface area contributed by atoms with Gasteiger partial charge in [-0.3, -0.25) is 4.79 Å². The molecule has 0 radical (unpaired) electrons. The van der Waals surface area contributed by atoms with Gasteiger partial charge in [0.1, 0.15) is 0 Å². The first kappa shape index (κ1) is 29.9. The number of hydrogen-bond donors (Lipinski definition) is 2. The van der Waals surface area contributed by atoms with Gasteiger partial charge in [-0.25, -0.2) is 4.98 Å². The summed E-state index contributed by atoms with van der Waals surface area (Å²) in [5.74, 6) is -0.801. The Morgan fingerprint density at radius 1 is 0.975 bits per heavy atom. The molecule has 0 aliphatic carbocycles. The third kappa shape index (κ3) is 8.20. The van der Waals surface area contributed by atoms with Crippen molar-refractivity contribution in [2.45, 2.75) is 62.6 Å². The molecule has 1 heterocycles. The molecule has 0 saturated heterocycles. The first-order chi connectivity index (χ1) is 18.9. The predicted octanol–water partition coefficient (Wildman–Crippen LogP) is 8.95. The van der Waals surface area contributed by atoms with Crippen LogP contribution in [0.15, 0.2) is 78.9 Å². The summed E-state index contributed by atoms with van der Waals surface area (Å²) in [6, 6.07) is 26.1. The molecule has 208 valence electrons. The van der Waals surface area contributed by atoms with Crippen molar-refractivity contribution >= 4 is 52.4 Å². The molecule has 2 N–H and O–H groups in total. The predicted molar refractivity (Wildman–Crippen MR) is 169 cm³/mol. The van der Waals surface area contributed by atoms with Gasteiger partial charge in [0.15, 0.2) is 0 Å². The van der Waals surface area contributed by atoms with Crippen LogP contribution in [0.4, 0.5) is 0 Å². The maximum absolute atomic E-state index is 11.6. The minimum atomic E-state index is -0.936. The quantitative estimate of drug-likeness (QED) is 0.187. The van der Waals surface area contributed by atoms with Gasteiger partial charge in [-0.15, -0.1) is 11.8 Å². The minimum Gasteiger partial charge on any atom is -0.481 e. The highest BCUT2D eigenvalue weighted by atomic mass is 35.5. The van der Waals surface area contributed by atoms with Crippen LogP contribution in [-0.4, -0.2) is 25.9 Å². The number of rotatable bonds is 11. The van der Waals surface area contributed by atoms with Crippen LogP contribution < -0.4 is 0 Å². The monoisotopic (exact) mass is 573 g/mol. The number of carboxylic acid groups (broad SMARTS) is 1. The van der Waals surface area contributed by atoms with E-state index in [1.165, 1.54) is 0 Å². The summed E-state index contributed by atoms with van der Waals surface area (Å²) in [6.45, 7) is 7.60. The average Bonchev–Trinajstić information content (AvgIpc) is 2.88. The van der Waals surface area contributed by atoms with Gasteiger partial charge in [-0.1, -0.05) is 92.2 Å². The largest absolute Gasteiger partial charge is 0.481 e. The second-order valence-corrected chi connectivity index (χ2v) is 13.6. The fraction of sp³-hybridized carbons (Fsp3) is 0.294. The van der Waals surface area contributed by atoms with Crippen LogP contribution in [0, 0.1) is 0 Å². The van der Waals surface area contributed by atoms with Gasteiger partial charge in [0.2, 0.25) is 0 Å². The third-order valence-electron chi connectivity index (χ3n) is 6.80. The highest BCUT2D eigenvalue weighted by molar-refractivity contribution is 8.00. The van der Waals surface area contributed by atoms with E-state index in [2.05, 4.69) is 30.3 Å². The molecule has 0 saturated carbocycles. The van der Waals surface area contributed by atoms with Crippen LogP contribution >= 0.6 is 23.4 Å². The van der Waals surface area contributed by atoms with Crippen molar-refractivity contribution in [1.29, 1.82) is 0 Å². The van der Waals surface area contributed by atoms with Crippen molar-refractivity contribution in [2.75, 3.05) is 0 Å². The first-order valence-electron chi connectivity index (χ1n) is 13.4. The van der Waals surface area contributed by atoms with Crippen LogP contribution in [0.2, 0.25) is 5.02 Å². The van der Waals surface area contributed by atoms with Gasteiger partial charge in [-0.2, -0.15) is 0 Å². The van der Waals surface area contributed by atoms with E-state index in [9.17, 15) is 15.0 Å². The molecule has 0 bridgehead atoms. The topological polar surface area (TPSA) is 70.4 Å². The molecular weight excluding hydrogens is 538 g/mol. The summed E-state index contributed by atoms with van der Waals surface area (Å²) in [6.07, 6.45) is 5.70. The molecule has 0 amide bonds. The number of fused-ring (bicyclic) bond motifs is 1. The van der Waals surface area contributed by atoms with E-state index in [4.69, 9.17) is 16.6 Å². The molecule has 40 heavy (non-hydrogen) atoms. The number of pyridine rings is 1. The maximum Gasteiger partial charge on any atom is 0.304 e. The molecule has 6 heteroatoms. The molecule has 3 aromatic carbocycles. The van der Waals surface area contributed by atoms with Crippen LogP contribution in [0.25, 0.3) is 23.1 Å². The number of thioether (sulfide) groups is 1. The number of carboxylic acids is 1. The second kappa shape index (κ2) is 12.6. The molecular formula is C34H36ClNO3S. The van der Waals surface area contributed by atoms with Crippen molar-refractivity contribution in [1.82, 2.24) is 4.98 Å². The molecule has 4 rings (SSSR count). The van der Waals surface area contributed by atoms with Gasteiger partial charge >= 0.3 is 5.97 Å². The van der Waals surface area contributed by atoms with Crippen molar-refractivity contribution in [2.24, 2.45) is 0 Å². The van der Waals surface area contributed by atoms with Crippen LogP contribution in [0.3, 0.4) is 0 Å². The number of aliphatic hydroxyl groups is 1. The number of hydrogen-bond acceptors (Lipinski definition) is 4. The summed E-state index contributed by atoms with van der Waals surface area (Å²) < 4.78 is -0.450. The number of carbonyl (C=O) groups is 1. The van der Waals surface area contributed by atoms with Crippen molar-refractivity contribution in [3.63, 3.8) is 0 Å². The Morgan fingerprint density at radius 2 is 1.73 bits per heavy atom. The van der Waals surface area contributed by atoms with E-state index in [1.807, 2.05) is 88.4 Å². The van der Waals surface area contributed by atoms with Crippen molar-refractivity contribution in [3.05, 3.63) is 112 Å². The van der Waals surface area contributed by atoms with Gasteiger partial charge in [-0.05, 0) is 73.2 Å². The highest BCUT2D eigenvalue weighted by Gasteiger charge is 2.28. The second-order valence-electron chi connectivity index (χ2n) is 11.3. The molecule has 0 aliphatic rings. The smallest absolute Gasteiger partial charge is 0.304 e. The van der Waals surface area contributed by atoms with E-state index in [-0.39, 0.29) is 11.7 Å². The Labute approximate surface area is 246 Å². The molecule has 0 unspecified atom stereocenters. The SMILES string of the molecule is CC(C)(CC(=O)O)S[C@H](CCc1ccccc1C(C)(C)O)c1cccc(C=Cc2ccc3ccc(Cl)cc3n2)c1. The van der Waals surface area contributed by atoms with Gasteiger partial charge in [0, 0.05) is 20.4 Å². The molecule has 1 aromatic heterocycles. The van der Waals surface area contributed by atoms with Gasteiger partial charge in [0.25, 0.3) is 0 Å². The van der Waals surface area contributed by atoms with Crippen LogP contribution in [0.1, 0.15) is 73.7 Å². The third-order valence-corrected chi connectivity index (χ3v) is 8.61. The first-order valence-corrected chi connectivity index (χ1v) is 14.7. The Morgan fingerprint density at radius 3 is 2.48 bits per heavy atom. The van der Waals surface area contributed by atoms with E-state index in [1.54, 1.807) is 11.8 Å². The molecule has 1 atom stereocenters. The lowest BCUT2D eigenvalue weighted by Crippen LogP contribution is -2.22. The lowest BCUT2D eigenvalue weighted by atomic mass is 9.90. The van der Waals surface area contributed by atoms with Crippen molar-refractivity contribution < 1.29 is 15.0 Å². The van der Waals surface area contributed by atoms with Crippen LogP contribution in [-0.2, 0) is 16.8 Å². The van der Waals surface area contributed by atoms with E-state index in [0.717, 1.165) is 51.7 Å². The van der Waals surface area contributed by atoms with E-state index in [0.29, 0.717) is 5.02 Å². The summed E-state index contributed by atoms with van der Waals surface area (Å²) in [5.41, 5.74) is 4.98. The number of aromatic nitrogens is 1. The number of halogens is 1. The molecule has 4 nitrogen and oxygen atoms in total. The Kier molecular flexibility index (Phi) is 9.40. The maximum atomic E-state index is 11.6. The van der Waals surface area contributed by atoms with Crippen LogP contribution in [0.5, 0.6) is 0 Å². The van der Waals surface area contributed by atoms with Gasteiger partial charge < -0.3 is 10.2 Å². The summed E-state index contributed by atoms with van der Waals surface area (Å²) >= 11 is 7.85. The zero-order valence-electron chi connectivity index (χ0n) is 23.4. The minimum absolute atomic E-state index is 0.0681. The zero-order valence-corrected chi connectivity index (χ0v) is 25.0. The lowest BCUT2D eigenvalue weighted by molar-refractivity contribution is -0.137. The number of nitrogens with zero attached hydrogens (tertiary/aromatic N) is 1. The normalized spacial score (nSPS) is 13.2. The summed E-state index contributed by atoms with van der Waals surface area (Å²) in [4.78, 5) is 16.3. The molecule has 0 aliphatic heterocycles. The summed E-state index contributed by atoms with van der Waals surface area (Å²) in [5, 5.41) is 22.0. The summed E-state index contributed by atoms with van der Waals surface area (Å²) in [7, 11) is 0. The Bertz CT molecular complexity index is 1520. The fourth-order valence-electron chi connectivity index (χ4n) is 4.95. The highest BCUT2D eigenvalue weighted by Crippen LogP contribution is 2.44. The number of aryl methyl sites for hydroxylation is 1. The zero-order chi connectivity index (χ0) is 28.9.